The van der Waals surface area contributed by atoms with E-state index < -0.39 is 5.82 Å². The molecule has 7 nitrogen and oxygen atoms in total. The molecule has 29 heavy (non-hydrogen) atoms. The van der Waals surface area contributed by atoms with Crippen molar-refractivity contribution in [3.63, 3.8) is 0 Å². The maximum atomic E-state index is 14.6. The molecule has 1 aromatic heterocycles. The molecule has 8 heteroatoms. The van der Waals surface area contributed by atoms with Gasteiger partial charge < -0.3 is 24.8 Å². The minimum Gasteiger partial charge on any atom is -0.493 e. The fourth-order valence-electron chi connectivity index (χ4n) is 2.90. The maximum Gasteiger partial charge on any atom is 0.319 e. The summed E-state index contributed by atoms with van der Waals surface area (Å²) in [5.74, 6) is 0.900. The van der Waals surface area contributed by atoms with E-state index in [1.165, 1.54) is 19.2 Å². The average molecular weight is 397 g/mol. The molecule has 1 fully saturated rings. The van der Waals surface area contributed by atoms with Crippen LogP contribution < -0.4 is 24.8 Å². The number of nitrogens with one attached hydrogen (secondary N) is 2. The molecule has 1 aliphatic rings. The van der Waals surface area contributed by atoms with Crippen LogP contribution >= 0.6 is 0 Å². The van der Waals surface area contributed by atoms with Crippen molar-refractivity contribution < 1.29 is 23.4 Å². The number of hydrogen-bond donors (Lipinski definition) is 2. The highest BCUT2D eigenvalue weighted by Gasteiger charge is 2.23. The topological polar surface area (TPSA) is 81.7 Å². The number of urea groups is 1. The first-order chi connectivity index (χ1) is 14.1. The molecule has 0 saturated heterocycles. The van der Waals surface area contributed by atoms with Crippen LogP contribution in [-0.4, -0.2) is 31.3 Å². The van der Waals surface area contributed by atoms with Gasteiger partial charge in [0.05, 0.1) is 19.7 Å². The van der Waals surface area contributed by atoms with Crippen molar-refractivity contribution in [3.05, 3.63) is 48.4 Å². The van der Waals surface area contributed by atoms with Crippen LogP contribution in [0.15, 0.2) is 42.6 Å². The predicted molar refractivity (Wildman–Crippen MR) is 106 cm³/mol. The molecule has 1 aliphatic carbocycles. The summed E-state index contributed by atoms with van der Waals surface area (Å²) in [6.07, 6.45) is 3.52. The number of amides is 2. The summed E-state index contributed by atoms with van der Waals surface area (Å²) in [4.78, 5) is 16.1. The molecule has 2 amide bonds. The summed E-state index contributed by atoms with van der Waals surface area (Å²) in [6, 6.07) is 9.24. The summed E-state index contributed by atoms with van der Waals surface area (Å²) in [5.41, 5.74) is 0.967. The van der Waals surface area contributed by atoms with Crippen molar-refractivity contribution in [2.45, 2.75) is 18.9 Å². The molecule has 4 rings (SSSR count). The van der Waals surface area contributed by atoms with Crippen LogP contribution in [0, 0.1) is 5.82 Å². The van der Waals surface area contributed by atoms with Crippen molar-refractivity contribution >= 4 is 22.6 Å². The number of rotatable bonds is 6. The van der Waals surface area contributed by atoms with Gasteiger partial charge in [-0.25, -0.2) is 9.18 Å². The molecule has 0 bridgehead atoms. The number of halogens is 1. The highest BCUT2D eigenvalue weighted by atomic mass is 19.1. The first-order valence-corrected chi connectivity index (χ1v) is 9.13. The second kappa shape index (κ2) is 7.83. The van der Waals surface area contributed by atoms with Crippen molar-refractivity contribution in [1.29, 1.82) is 0 Å². The molecule has 0 spiro atoms. The number of ether oxygens (including phenoxy) is 3. The highest BCUT2D eigenvalue weighted by Crippen LogP contribution is 2.37. The third-order valence-electron chi connectivity index (χ3n) is 4.53. The van der Waals surface area contributed by atoms with E-state index in [1.54, 1.807) is 37.6 Å². The van der Waals surface area contributed by atoms with Gasteiger partial charge in [-0.1, -0.05) is 0 Å². The van der Waals surface area contributed by atoms with Gasteiger partial charge in [0.1, 0.15) is 5.75 Å². The molecule has 2 aromatic carbocycles. The van der Waals surface area contributed by atoms with Crippen molar-refractivity contribution in [2.75, 3.05) is 19.5 Å². The van der Waals surface area contributed by atoms with E-state index in [1.807, 2.05) is 0 Å². The number of hydrogen-bond acceptors (Lipinski definition) is 5. The standard InChI is InChI=1S/C21H20FN3O4/c1-27-19-10-14-16(11-20(19)28-2)23-8-7-17(14)29-18-6-5-13(9-15(18)22)25-21(26)24-12-3-4-12/h5-12H,3-4H2,1-2H3,(H2,24,25,26). The molecule has 3 aromatic rings. The smallest absolute Gasteiger partial charge is 0.319 e. The van der Waals surface area contributed by atoms with E-state index in [4.69, 9.17) is 14.2 Å². The van der Waals surface area contributed by atoms with Crippen molar-refractivity contribution in [2.24, 2.45) is 0 Å². The summed E-state index contributed by atoms with van der Waals surface area (Å²) in [7, 11) is 3.07. The summed E-state index contributed by atoms with van der Waals surface area (Å²) < 4.78 is 31.0. The lowest BCUT2D eigenvalue weighted by Gasteiger charge is -2.13. The van der Waals surface area contributed by atoms with Gasteiger partial charge in [-0.15, -0.1) is 0 Å². The number of benzene rings is 2. The quantitative estimate of drug-likeness (QED) is 0.642. The maximum absolute atomic E-state index is 14.6. The van der Waals surface area contributed by atoms with Gasteiger partial charge in [0.2, 0.25) is 0 Å². The molecule has 0 aliphatic heterocycles. The Labute approximate surface area is 166 Å². The average Bonchev–Trinajstić information content (AvgIpc) is 3.53. The molecular weight excluding hydrogens is 377 g/mol. The summed E-state index contributed by atoms with van der Waals surface area (Å²) >= 11 is 0. The number of methoxy groups -OCH3 is 2. The second-order valence-corrected chi connectivity index (χ2v) is 6.65. The van der Waals surface area contributed by atoms with Gasteiger partial charge >= 0.3 is 6.03 Å². The molecule has 0 atom stereocenters. The van der Waals surface area contributed by atoms with Gasteiger partial charge in [-0.3, -0.25) is 4.98 Å². The van der Waals surface area contributed by atoms with E-state index in [0.29, 0.717) is 33.8 Å². The van der Waals surface area contributed by atoms with E-state index in [-0.39, 0.29) is 17.8 Å². The number of aromatic nitrogens is 1. The van der Waals surface area contributed by atoms with E-state index in [9.17, 15) is 9.18 Å². The van der Waals surface area contributed by atoms with Crippen molar-refractivity contribution in [3.8, 4) is 23.0 Å². The monoisotopic (exact) mass is 397 g/mol. The van der Waals surface area contributed by atoms with Crippen LogP contribution in [0.3, 0.4) is 0 Å². The first-order valence-electron chi connectivity index (χ1n) is 9.13. The summed E-state index contributed by atoms with van der Waals surface area (Å²) in [6.45, 7) is 0. The van der Waals surface area contributed by atoms with E-state index >= 15 is 0 Å². The third kappa shape index (κ3) is 4.16. The third-order valence-corrected chi connectivity index (χ3v) is 4.53. The van der Waals surface area contributed by atoms with Crippen LogP contribution in [0.25, 0.3) is 10.9 Å². The van der Waals surface area contributed by atoms with Crippen LogP contribution in [0.4, 0.5) is 14.9 Å². The largest absolute Gasteiger partial charge is 0.493 e. The van der Waals surface area contributed by atoms with Crippen molar-refractivity contribution in [1.82, 2.24) is 10.3 Å². The van der Waals surface area contributed by atoms with Crippen LogP contribution in [-0.2, 0) is 0 Å². The van der Waals surface area contributed by atoms with Crippen LogP contribution in [0.2, 0.25) is 0 Å². The fourth-order valence-corrected chi connectivity index (χ4v) is 2.90. The van der Waals surface area contributed by atoms with Gasteiger partial charge in [-0.05, 0) is 37.1 Å². The van der Waals surface area contributed by atoms with Gasteiger partial charge in [0.25, 0.3) is 0 Å². The molecule has 0 radical (unpaired) electrons. The number of carbonyl (C=O) groups excluding carboxylic acids is 1. The van der Waals surface area contributed by atoms with E-state index in [2.05, 4.69) is 15.6 Å². The van der Waals surface area contributed by atoms with Crippen LogP contribution in [0.5, 0.6) is 23.0 Å². The SMILES string of the molecule is COc1cc2nccc(Oc3ccc(NC(=O)NC4CC4)cc3F)c2cc1OC. The Bertz CT molecular complexity index is 1070. The number of carbonyl (C=O) groups is 1. The Balaban J connectivity index is 1.58. The highest BCUT2D eigenvalue weighted by molar-refractivity contribution is 5.90. The van der Waals surface area contributed by atoms with Gasteiger partial charge in [0, 0.05) is 35.4 Å². The Morgan fingerprint density at radius 3 is 2.48 bits per heavy atom. The number of nitrogens with zero attached hydrogens (tertiary/aromatic N) is 1. The number of fused-ring (bicyclic) bond motifs is 1. The van der Waals surface area contributed by atoms with Gasteiger partial charge in [0.15, 0.2) is 23.1 Å². The fraction of sp³-hybridized carbons (Fsp3) is 0.238. The molecular formula is C21H20FN3O4. The Morgan fingerprint density at radius 2 is 1.79 bits per heavy atom. The number of anilines is 1. The minimum absolute atomic E-state index is 0.0282. The lowest BCUT2D eigenvalue weighted by atomic mass is 10.2. The zero-order valence-electron chi connectivity index (χ0n) is 16.0. The Kier molecular flexibility index (Phi) is 5.07. The number of pyridine rings is 1. The summed E-state index contributed by atoms with van der Waals surface area (Å²) in [5, 5.41) is 6.05. The lowest BCUT2D eigenvalue weighted by molar-refractivity contribution is 0.251. The predicted octanol–water partition coefficient (Wildman–Crippen LogP) is 4.47. The van der Waals surface area contributed by atoms with E-state index in [0.717, 1.165) is 12.8 Å². The molecule has 0 unspecified atom stereocenters. The lowest BCUT2D eigenvalue weighted by Crippen LogP contribution is -2.30. The molecule has 150 valence electrons. The Morgan fingerprint density at radius 1 is 1.03 bits per heavy atom. The molecule has 1 saturated carbocycles. The zero-order valence-corrected chi connectivity index (χ0v) is 16.0. The zero-order chi connectivity index (χ0) is 20.4. The Hall–Kier alpha value is -3.55. The first kappa shape index (κ1) is 18.8. The normalized spacial score (nSPS) is 13.1. The molecule has 2 N–H and O–H groups in total. The second-order valence-electron chi connectivity index (χ2n) is 6.65. The van der Waals surface area contributed by atoms with Gasteiger partial charge in [-0.2, -0.15) is 0 Å². The minimum atomic E-state index is -0.598. The molecule has 1 heterocycles. The van der Waals surface area contributed by atoms with Crippen LogP contribution in [0.1, 0.15) is 12.8 Å².